The zero-order valence-corrected chi connectivity index (χ0v) is 11.6. The molecule has 0 aliphatic rings. The van der Waals surface area contributed by atoms with Crippen LogP contribution in [-0.2, 0) is 11.2 Å². The Morgan fingerprint density at radius 1 is 1.28 bits per heavy atom. The third-order valence-electron chi connectivity index (χ3n) is 2.66. The highest BCUT2D eigenvalue weighted by Gasteiger charge is 2.15. The van der Waals surface area contributed by atoms with E-state index >= 15 is 0 Å². The molecule has 18 heavy (non-hydrogen) atoms. The first-order chi connectivity index (χ1) is 8.74. The number of hydrogen-bond donors (Lipinski definition) is 2. The van der Waals surface area contributed by atoms with E-state index in [1.165, 1.54) is 0 Å². The summed E-state index contributed by atoms with van der Waals surface area (Å²) in [7, 11) is 0. The monoisotopic (exact) mass is 252 g/mol. The summed E-state index contributed by atoms with van der Waals surface area (Å²) in [6.45, 7) is 6.91. The van der Waals surface area contributed by atoms with Gasteiger partial charge < -0.3 is 10.2 Å². The average Bonchev–Trinajstić information content (AvgIpc) is 2.38. The minimum absolute atomic E-state index is 0.0380. The third-order valence-corrected chi connectivity index (χ3v) is 2.66. The fraction of sp³-hybridized carbons (Fsp3) is 0.692. The summed E-state index contributed by atoms with van der Waals surface area (Å²) in [4.78, 5) is 8.98. The Morgan fingerprint density at radius 3 is 2.61 bits per heavy atom. The number of hydrazine groups is 1. The van der Waals surface area contributed by atoms with Crippen LogP contribution in [-0.4, -0.2) is 16.6 Å². The molecule has 0 spiro atoms. The molecule has 3 N–H and O–H groups in total. The van der Waals surface area contributed by atoms with Crippen molar-refractivity contribution in [2.75, 3.05) is 12.0 Å². The maximum Gasteiger partial charge on any atom is 0.159 e. The number of aryl methyl sites for hydroxylation is 1. The van der Waals surface area contributed by atoms with E-state index in [2.05, 4.69) is 29.2 Å². The number of nitrogens with zero attached hydrogens (tertiary/aromatic N) is 2. The fourth-order valence-electron chi connectivity index (χ4n) is 1.87. The highest BCUT2D eigenvalue weighted by Crippen LogP contribution is 2.21. The number of nitrogens with two attached hydrogens (primary N) is 1. The molecule has 0 saturated carbocycles. The average molecular weight is 252 g/mol. The van der Waals surface area contributed by atoms with Crippen LogP contribution in [0.2, 0.25) is 0 Å². The Kier molecular flexibility index (Phi) is 6.60. The zero-order valence-electron chi connectivity index (χ0n) is 11.6. The van der Waals surface area contributed by atoms with Crippen LogP contribution in [0, 0.1) is 0 Å². The van der Waals surface area contributed by atoms with Crippen molar-refractivity contribution in [1.29, 1.82) is 0 Å². The van der Waals surface area contributed by atoms with Gasteiger partial charge in [-0.15, -0.1) is 0 Å². The molecule has 0 aliphatic heterocycles. The second-order valence-electron chi connectivity index (χ2n) is 4.23. The van der Waals surface area contributed by atoms with E-state index in [9.17, 15) is 0 Å². The van der Waals surface area contributed by atoms with Crippen molar-refractivity contribution in [3.8, 4) is 0 Å². The lowest BCUT2D eigenvalue weighted by atomic mass is 10.2. The number of aromatic nitrogens is 2. The SMILES string of the molecule is CCCc1cc(NN)nc(C(CCC)OCC)n1. The minimum atomic E-state index is -0.0380. The highest BCUT2D eigenvalue weighted by atomic mass is 16.5. The summed E-state index contributed by atoms with van der Waals surface area (Å²) >= 11 is 0. The number of anilines is 1. The van der Waals surface area contributed by atoms with Crippen LogP contribution >= 0.6 is 0 Å². The molecule has 1 unspecified atom stereocenters. The van der Waals surface area contributed by atoms with Crippen molar-refractivity contribution in [3.05, 3.63) is 17.6 Å². The van der Waals surface area contributed by atoms with E-state index in [1.54, 1.807) is 0 Å². The van der Waals surface area contributed by atoms with Crippen LogP contribution in [0.4, 0.5) is 5.82 Å². The van der Waals surface area contributed by atoms with Crippen molar-refractivity contribution in [1.82, 2.24) is 9.97 Å². The number of nitrogen functional groups attached to an aromatic ring is 1. The van der Waals surface area contributed by atoms with Crippen molar-refractivity contribution in [3.63, 3.8) is 0 Å². The molecular weight excluding hydrogens is 228 g/mol. The van der Waals surface area contributed by atoms with E-state index < -0.39 is 0 Å². The van der Waals surface area contributed by atoms with Crippen LogP contribution in [0.1, 0.15) is 57.7 Å². The highest BCUT2D eigenvalue weighted by molar-refractivity contribution is 5.34. The fourth-order valence-corrected chi connectivity index (χ4v) is 1.87. The van der Waals surface area contributed by atoms with Crippen LogP contribution in [0.15, 0.2) is 6.07 Å². The van der Waals surface area contributed by atoms with Gasteiger partial charge in [0.2, 0.25) is 0 Å². The van der Waals surface area contributed by atoms with Gasteiger partial charge in [0.05, 0.1) is 0 Å². The minimum Gasteiger partial charge on any atom is -0.371 e. The summed E-state index contributed by atoms with van der Waals surface area (Å²) < 4.78 is 5.71. The van der Waals surface area contributed by atoms with Gasteiger partial charge in [0.25, 0.3) is 0 Å². The molecule has 102 valence electrons. The molecule has 0 radical (unpaired) electrons. The lowest BCUT2D eigenvalue weighted by Crippen LogP contribution is -2.15. The molecule has 1 atom stereocenters. The van der Waals surface area contributed by atoms with Crippen molar-refractivity contribution >= 4 is 5.82 Å². The van der Waals surface area contributed by atoms with Crippen molar-refractivity contribution in [2.45, 2.75) is 52.6 Å². The molecule has 0 bridgehead atoms. The smallest absolute Gasteiger partial charge is 0.159 e. The van der Waals surface area contributed by atoms with Crippen LogP contribution in [0.5, 0.6) is 0 Å². The van der Waals surface area contributed by atoms with E-state index in [0.717, 1.165) is 37.2 Å². The number of rotatable bonds is 8. The standard InChI is InChI=1S/C13H24N4O/c1-4-7-10-9-12(17-14)16-13(15-10)11(8-5-2)18-6-3/h9,11H,4-8,14H2,1-3H3,(H,15,16,17). The summed E-state index contributed by atoms with van der Waals surface area (Å²) in [6, 6.07) is 1.89. The van der Waals surface area contributed by atoms with Gasteiger partial charge in [-0.2, -0.15) is 0 Å². The predicted octanol–water partition coefficient (Wildman–Crippen LogP) is 2.59. The molecule has 0 fully saturated rings. The first-order valence-corrected chi connectivity index (χ1v) is 6.71. The van der Waals surface area contributed by atoms with Crippen LogP contribution in [0.25, 0.3) is 0 Å². The predicted molar refractivity (Wildman–Crippen MR) is 73.1 cm³/mol. The van der Waals surface area contributed by atoms with E-state index in [4.69, 9.17) is 10.6 Å². The molecule has 0 saturated heterocycles. The quantitative estimate of drug-likeness (QED) is 0.549. The molecule has 5 heteroatoms. The summed E-state index contributed by atoms with van der Waals surface area (Å²) in [5.41, 5.74) is 3.61. The van der Waals surface area contributed by atoms with Crippen LogP contribution in [0.3, 0.4) is 0 Å². The van der Waals surface area contributed by atoms with Crippen molar-refractivity contribution in [2.24, 2.45) is 5.84 Å². The van der Waals surface area contributed by atoms with Gasteiger partial charge in [0, 0.05) is 18.4 Å². The van der Waals surface area contributed by atoms with Gasteiger partial charge in [-0.25, -0.2) is 15.8 Å². The third kappa shape index (κ3) is 4.23. The number of hydrogen-bond acceptors (Lipinski definition) is 5. The molecule has 0 aromatic carbocycles. The molecular formula is C13H24N4O. The van der Waals surface area contributed by atoms with Crippen molar-refractivity contribution < 1.29 is 4.74 Å². The lowest BCUT2D eigenvalue weighted by Gasteiger charge is -2.16. The molecule has 5 nitrogen and oxygen atoms in total. The summed E-state index contributed by atoms with van der Waals surface area (Å²) in [5, 5.41) is 0. The summed E-state index contributed by atoms with van der Waals surface area (Å²) in [6.07, 6.45) is 3.90. The van der Waals surface area contributed by atoms with E-state index in [0.29, 0.717) is 12.4 Å². The molecule has 1 aromatic rings. The van der Waals surface area contributed by atoms with Crippen LogP contribution < -0.4 is 11.3 Å². The Bertz CT molecular complexity index is 351. The lowest BCUT2D eigenvalue weighted by molar-refractivity contribution is 0.0493. The Hall–Kier alpha value is -1.20. The molecule has 1 heterocycles. The largest absolute Gasteiger partial charge is 0.371 e. The normalized spacial score (nSPS) is 12.4. The van der Waals surface area contributed by atoms with Gasteiger partial charge in [0.1, 0.15) is 11.9 Å². The van der Waals surface area contributed by atoms with Gasteiger partial charge in [-0.1, -0.05) is 26.7 Å². The summed E-state index contributed by atoms with van der Waals surface area (Å²) in [5.74, 6) is 6.84. The van der Waals surface area contributed by atoms with Gasteiger partial charge >= 0.3 is 0 Å². The maximum absolute atomic E-state index is 5.71. The van der Waals surface area contributed by atoms with E-state index in [-0.39, 0.29) is 6.10 Å². The van der Waals surface area contributed by atoms with Gasteiger partial charge in [0.15, 0.2) is 5.82 Å². The Morgan fingerprint density at radius 2 is 2.06 bits per heavy atom. The maximum atomic E-state index is 5.71. The van der Waals surface area contributed by atoms with Gasteiger partial charge in [-0.05, 0) is 19.8 Å². The molecule has 1 aromatic heterocycles. The molecule has 0 aliphatic carbocycles. The van der Waals surface area contributed by atoms with Gasteiger partial charge in [-0.3, -0.25) is 0 Å². The second-order valence-corrected chi connectivity index (χ2v) is 4.23. The number of nitrogens with one attached hydrogen (secondary N) is 1. The first-order valence-electron chi connectivity index (χ1n) is 6.71. The second kappa shape index (κ2) is 8.00. The molecule has 0 amide bonds. The zero-order chi connectivity index (χ0) is 13.4. The molecule has 1 rings (SSSR count). The van der Waals surface area contributed by atoms with E-state index in [1.807, 2.05) is 13.0 Å². The Labute approximate surface area is 109 Å². The topological polar surface area (TPSA) is 73.1 Å². The Balaban J connectivity index is 2.99. The number of ether oxygens (including phenoxy) is 1. The first kappa shape index (κ1) is 14.9.